The van der Waals surface area contributed by atoms with Gasteiger partial charge in [-0.25, -0.2) is 0 Å². The van der Waals surface area contributed by atoms with E-state index in [4.69, 9.17) is 17.0 Å². The van der Waals surface area contributed by atoms with Crippen molar-refractivity contribution >= 4 is 18.4 Å². The predicted octanol–water partition coefficient (Wildman–Crippen LogP) is 3.81. The first kappa shape index (κ1) is 16.1. The van der Waals surface area contributed by atoms with Crippen LogP contribution in [0, 0.1) is 4.77 Å². The van der Waals surface area contributed by atoms with E-state index in [1.165, 1.54) is 0 Å². The van der Waals surface area contributed by atoms with Crippen LogP contribution < -0.4 is 4.74 Å². The van der Waals surface area contributed by atoms with E-state index < -0.39 is 0 Å². The first-order chi connectivity index (χ1) is 11.8. The van der Waals surface area contributed by atoms with Gasteiger partial charge in [-0.05, 0) is 54.5 Å². The molecule has 1 aromatic heterocycles. The van der Waals surface area contributed by atoms with Crippen LogP contribution in [0.15, 0.2) is 59.7 Å². The lowest BCUT2D eigenvalue weighted by Crippen LogP contribution is -2.00. The fourth-order valence-electron chi connectivity index (χ4n) is 2.28. The maximum atomic E-state index is 5.43. The Hall–Kier alpha value is -2.73. The molecule has 3 aromatic rings. The van der Waals surface area contributed by atoms with E-state index in [0.717, 1.165) is 22.7 Å². The molecule has 1 N–H and O–H groups in total. The van der Waals surface area contributed by atoms with E-state index >= 15 is 0 Å². The molecule has 0 amide bonds. The van der Waals surface area contributed by atoms with Crippen molar-refractivity contribution in [1.82, 2.24) is 14.9 Å². The zero-order chi connectivity index (χ0) is 16.8. The van der Waals surface area contributed by atoms with Crippen molar-refractivity contribution in [3.05, 3.63) is 76.3 Å². The van der Waals surface area contributed by atoms with Crippen molar-refractivity contribution in [2.24, 2.45) is 5.10 Å². The number of hydrogen-bond acceptors (Lipinski definition) is 4. The molecule has 0 unspecified atom stereocenters. The molecule has 3 rings (SSSR count). The largest absolute Gasteiger partial charge is 0.494 e. The van der Waals surface area contributed by atoms with E-state index in [1.807, 2.05) is 49.4 Å². The van der Waals surface area contributed by atoms with Gasteiger partial charge in [0.05, 0.1) is 12.8 Å². The van der Waals surface area contributed by atoms with Crippen molar-refractivity contribution in [1.29, 1.82) is 0 Å². The number of nitrogens with zero attached hydrogens (tertiary/aromatic N) is 3. The SMILES string of the molecule is CCOc1ccc(C=Nn2c(Cc3ccccc3)n[nH]c2=S)cc1. The second-order valence-electron chi connectivity index (χ2n) is 5.17. The Bertz CT molecular complexity index is 866. The molecule has 24 heavy (non-hydrogen) atoms. The van der Waals surface area contributed by atoms with Crippen LogP contribution in [0.1, 0.15) is 23.9 Å². The maximum absolute atomic E-state index is 5.43. The number of rotatable bonds is 6. The van der Waals surface area contributed by atoms with Crippen LogP contribution in [0.25, 0.3) is 0 Å². The fourth-order valence-corrected chi connectivity index (χ4v) is 2.48. The average molecular weight is 338 g/mol. The normalized spacial score (nSPS) is 11.0. The minimum Gasteiger partial charge on any atom is -0.494 e. The van der Waals surface area contributed by atoms with Gasteiger partial charge in [-0.3, -0.25) is 5.10 Å². The zero-order valence-electron chi connectivity index (χ0n) is 13.3. The first-order valence-electron chi connectivity index (χ1n) is 7.73. The molecule has 0 spiro atoms. The molecule has 0 aliphatic carbocycles. The van der Waals surface area contributed by atoms with Gasteiger partial charge < -0.3 is 4.74 Å². The Balaban J connectivity index is 1.79. The second-order valence-corrected chi connectivity index (χ2v) is 5.55. The molecule has 5 nitrogen and oxygen atoms in total. The molecule has 122 valence electrons. The molecule has 0 radical (unpaired) electrons. The van der Waals surface area contributed by atoms with Gasteiger partial charge in [-0.1, -0.05) is 30.3 Å². The quantitative estimate of drug-likeness (QED) is 0.549. The van der Waals surface area contributed by atoms with Crippen molar-refractivity contribution in [2.75, 3.05) is 6.61 Å². The number of nitrogens with one attached hydrogen (secondary N) is 1. The van der Waals surface area contributed by atoms with E-state index in [9.17, 15) is 0 Å². The summed E-state index contributed by atoms with van der Waals surface area (Å²) in [5, 5.41) is 11.5. The highest BCUT2D eigenvalue weighted by atomic mass is 32.1. The number of aromatic nitrogens is 3. The number of benzene rings is 2. The zero-order valence-corrected chi connectivity index (χ0v) is 14.2. The minimum atomic E-state index is 0.475. The summed E-state index contributed by atoms with van der Waals surface area (Å²) in [5.41, 5.74) is 2.12. The monoisotopic (exact) mass is 338 g/mol. The summed E-state index contributed by atoms with van der Waals surface area (Å²) in [6.07, 6.45) is 2.42. The van der Waals surface area contributed by atoms with Gasteiger partial charge in [-0.15, -0.1) is 0 Å². The molecule has 0 fully saturated rings. The number of aromatic amines is 1. The highest BCUT2D eigenvalue weighted by molar-refractivity contribution is 7.71. The molecule has 1 heterocycles. The molecule has 0 atom stereocenters. The second kappa shape index (κ2) is 7.70. The molecular formula is C18H18N4OS. The summed E-state index contributed by atoms with van der Waals surface area (Å²) < 4.78 is 7.56. The smallest absolute Gasteiger partial charge is 0.216 e. The molecule has 0 bridgehead atoms. The van der Waals surface area contributed by atoms with Crippen LogP contribution in [0.5, 0.6) is 5.75 Å². The number of ether oxygens (including phenoxy) is 1. The summed E-state index contributed by atoms with van der Waals surface area (Å²) in [5.74, 6) is 1.62. The highest BCUT2D eigenvalue weighted by Crippen LogP contribution is 2.11. The van der Waals surface area contributed by atoms with Crippen LogP contribution in [0.3, 0.4) is 0 Å². The summed E-state index contributed by atoms with van der Waals surface area (Å²) in [6, 6.07) is 17.9. The third-order valence-corrected chi connectivity index (χ3v) is 3.70. The van der Waals surface area contributed by atoms with E-state index in [1.54, 1.807) is 10.9 Å². The fraction of sp³-hybridized carbons (Fsp3) is 0.167. The standard InChI is InChI=1S/C18H18N4OS/c1-2-23-16-10-8-15(9-11-16)13-19-22-17(20-21-18(22)24)12-14-6-4-3-5-7-14/h3-11,13H,2,12H2,1H3,(H,21,24). The van der Waals surface area contributed by atoms with Crippen molar-refractivity contribution in [3.8, 4) is 5.75 Å². The predicted molar refractivity (Wildman–Crippen MR) is 97.3 cm³/mol. The van der Waals surface area contributed by atoms with Crippen molar-refractivity contribution in [2.45, 2.75) is 13.3 Å². The molecular weight excluding hydrogens is 320 g/mol. The summed E-state index contributed by atoms with van der Waals surface area (Å²) in [7, 11) is 0. The first-order valence-corrected chi connectivity index (χ1v) is 8.14. The highest BCUT2D eigenvalue weighted by Gasteiger charge is 2.06. The Morgan fingerprint density at radius 2 is 1.92 bits per heavy atom. The van der Waals surface area contributed by atoms with Crippen LogP contribution in [0.2, 0.25) is 0 Å². The van der Waals surface area contributed by atoms with Gasteiger partial charge in [0.25, 0.3) is 0 Å². The lowest BCUT2D eigenvalue weighted by atomic mass is 10.1. The lowest BCUT2D eigenvalue weighted by molar-refractivity contribution is 0.340. The van der Waals surface area contributed by atoms with Gasteiger partial charge in [0.2, 0.25) is 4.77 Å². The van der Waals surface area contributed by atoms with Crippen LogP contribution in [-0.2, 0) is 6.42 Å². The summed E-state index contributed by atoms with van der Waals surface area (Å²) in [4.78, 5) is 0. The number of hydrogen-bond donors (Lipinski definition) is 1. The topological polar surface area (TPSA) is 55.2 Å². The Kier molecular flexibility index (Phi) is 5.18. The van der Waals surface area contributed by atoms with Crippen LogP contribution in [0.4, 0.5) is 0 Å². The molecule has 6 heteroatoms. The Labute approximate surface area is 145 Å². The van der Waals surface area contributed by atoms with Crippen LogP contribution >= 0.6 is 12.2 Å². The molecule has 0 aliphatic rings. The van der Waals surface area contributed by atoms with Crippen molar-refractivity contribution in [3.63, 3.8) is 0 Å². The van der Waals surface area contributed by atoms with Gasteiger partial charge in [-0.2, -0.15) is 14.9 Å². The number of H-pyrrole nitrogens is 1. The molecule has 0 saturated heterocycles. The maximum Gasteiger partial charge on any atom is 0.216 e. The van der Waals surface area contributed by atoms with Gasteiger partial charge >= 0.3 is 0 Å². The van der Waals surface area contributed by atoms with E-state index in [2.05, 4.69) is 27.4 Å². The Morgan fingerprint density at radius 3 is 2.62 bits per heavy atom. The third kappa shape index (κ3) is 3.97. The van der Waals surface area contributed by atoms with Gasteiger partial charge in [0.1, 0.15) is 5.75 Å². The van der Waals surface area contributed by atoms with E-state index in [-0.39, 0.29) is 0 Å². The molecule has 0 aliphatic heterocycles. The summed E-state index contributed by atoms with van der Waals surface area (Å²) >= 11 is 5.27. The van der Waals surface area contributed by atoms with Crippen molar-refractivity contribution < 1.29 is 4.74 Å². The van der Waals surface area contributed by atoms with Gasteiger partial charge in [0, 0.05) is 6.42 Å². The minimum absolute atomic E-state index is 0.475. The molecule has 0 saturated carbocycles. The average Bonchev–Trinajstić information content (AvgIpc) is 2.95. The Morgan fingerprint density at radius 1 is 1.17 bits per heavy atom. The summed E-state index contributed by atoms with van der Waals surface area (Å²) in [6.45, 7) is 2.62. The third-order valence-electron chi connectivity index (χ3n) is 3.44. The van der Waals surface area contributed by atoms with Gasteiger partial charge in [0.15, 0.2) is 5.82 Å². The molecule has 2 aromatic carbocycles. The van der Waals surface area contributed by atoms with E-state index in [0.29, 0.717) is 17.8 Å². The lowest BCUT2D eigenvalue weighted by Gasteiger charge is -2.03. The van der Waals surface area contributed by atoms with Crippen LogP contribution in [-0.4, -0.2) is 27.7 Å².